The molecule has 292 valence electrons. The summed E-state index contributed by atoms with van der Waals surface area (Å²) in [5, 5.41) is 22.2. The molecule has 0 aromatic carbocycles. The number of amides is 2. The van der Waals surface area contributed by atoms with Crippen LogP contribution in [0.3, 0.4) is 0 Å². The number of aliphatic hydroxyl groups is 2. The van der Waals surface area contributed by atoms with Gasteiger partial charge in [-0.15, -0.1) is 0 Å². The van der Waals surface area contributed by atoms with Crippen molar-refractivity contribution in [2.75, 3.05) is 59.1 Å². The van der Waals surface area contributed by atoms with Crippen molar-refractivity contribution in [1.29, 1.82) is 0 Å². The lowest BCUT2D eigenvalue weighted by molar-refractivity contribution is -0.151. The Bertz CT molecular complexity index is 1290. The van der Waals surface area contributed by atoms with Crippen molar-refractivity contribution in [1.82, 2.24) is 14.7 Å². The number of nitrogens with zero attached hydrogens (tertiary/aromatic N) is 3. The quantitative estimate of drug-likeness (QED) is 0.118. The van der Waals surface area contributed by atoms with Gasteiger partial charge in [-0.25, -0.2) is 9.59 Å². The average Bonchev–Trinajstić information content (AvgIpc) is 3.41. The van der Waals surface area contributed by atoms with E-state index in [-0.39, 0.29) is 49.2 Å². The van der Waals surface area contributed by atoms with E-state index in [9.17, 15) is 24.6 Å². The van der Waals surface area contributed by atoms with E-state index in [0.29, 0.717) is 45.4 Å². The fourth-order valence-corrected chi connectivity index (χ4v) is 8.09. The third kappa shape index (κ3) is 11.1. The average molecular weight is 730 g/mol. The highest BCUT2D eigenvalue weighted by Crippen LogP contribution is 2.37. The maximum Gasteiger partial charge on any atom is 0.410 e. The van der Waals surface area contributed by atoms with Crippen LogP contribution in [0.2, 0.25) is 0 Å². The predicted molar refractivity (Wildman–Crippen MR) is 196 cm³/mol. The Hall–Kier alpha value is -2.93. The van der Waals surface area contributed by atoms with E-state index in [4.69, 9.17) is 18.9 Å². The molecule has 3 saturated heterocycles. The van der Waals surface area contributed by atoms with Crippen molar-refractivity contribution in [3.8, 4) is 0 Å². The lowest BCUT2D eigenvalue weighted by atomic mass is 9.85. The van der Waals surface area contributed by atoms with Crippen molar-refractivity contribution in [2.45, 2.75) is 122 Å². The fourth-order valence-electron chi connectivity index (χ4n) is 8.09. The summed E-state index contributed by atoms with van der Waals surface area (Å²) in [6, 6.07) is 0.586. The highest BCUT2D eigenvalue weighted by atomic mass is 16.6. The molecule has 0 aromatic rings. The number of ether oxygens (including phenoxy) is 4. The van der Waals surface area contributed by atoms with Gasteiger partial charge in [0.05, 0.1) is 32.3 Å². The molecule has 0 aromatic heterocycles. The van der Waals surface area contributed by atoms with Gasteiger partial charge in [-0.2, -0.15) is 0 Å². The summed E-state index contributed by atoms with van der Waals surface area (Å²) in [7, 11) is 0. The van der Waals surface area contributed by atoms with E-state index in [0.717, 1.165) is 25.1 Å². The maximum absolute atomic E-state index is 13.5. The number of esters is 1. The van der Waals surface area contributed by atoms with Gasteiger partial charge in [0.1, 0.15) is 11.7 Å². The third-order valence-electron chi connectivity index (χ3n) is 11.7. The Morgan fingerprint density at radius 1 is 1.00 bits per heavy atom. The van der Waals surface area contributed by atoms with Gasteiger partial charge in [-0.1, -0.05) is 63.8 Å². The number of aliphatic hydroxyl groups excluding tert-OH is 1. The molecule has 4 aliphatic heterocycles. The summed E-state index contributed by atoms with van der Waals surface area (Å²) in [6.07, 6.45) is 14.4. The van der Waals surface area contributed by atoms with Gasteiger partial charge in [-0.3, -0.25) is 9.69 Å². The lowest BCUT2D eigenvalue weighted by Crippen LogP contribution is -2.53. The molecule has 5 rings (SSSR count). The van der Waals surface area contributed by atoms with Gasteiger partial charge in [0.25, 0.3) is 0 Å². The van der Waals surface area contributed by atoms with Gasteiger partial charge < -0.3 is 39.0 Å². The summed E-state index contributed by atoms with van der Waals surface area (Å²) in [4.78, 5) is 45.0. The van der Waals surface area contributed by atoms with Gasteiger partial charge in [0, 0.05) is 62.6 Å². The van der Waals surface area contributed by atoms with E-state index >= 15 is 0 Å². The van der Waals surface area contributed by atoms with Gasteiger partial charge in [0.2, 0.25) is 0 Å². The molecule has 2 amide bonds. The molecule has 5 aliphatic rings. The summed E-state index contributed by atoms with van der Waals surface area (Å²) >= 11 is 0. The molecule has 2 N–H and O–H groups in total. The zero-order valence-electron chi connectivity index (χ0n) is 31.9. The van der Waals surface area contributed by atoms with Crippen LogP contribution in [-0.4, -0.2) is 132 Å². The second-order valence-corrected chi connectivity index (χ2v) is 16.4. The molecule has 6 atom stereocenters. The number of piperazine rings is 1. The molecule has 12 nitrogen and oxygen atoms in total. The largest absolute Gasteiger partial charge is 0.457 e. The number of carbonyl (C=O) groups is 3. The molecule has 4 fully saturated rings. The highest BCUT2D eigenvalue weighted by Gasteiger charge is 2.46. The first-order valence-corrected chi connectivity index (χ1v) is 19.7. The standard InChI is InChI=1S/C40H63N3O9/c1-29(25-50-37(46)43-19-18-40(26-43)27-49-28-40)10-9-11-30(2)36-31(3)14-15-34(39(4,48)17-16-33(44)24-35(45)52-36)51-38(47)42-22-20-41(21-23-42)32-12-7-5-6-8-13-32/h9-11,14-15,29,31-34,36,44,48H,5-8,12-13,16-28H2,1-4H3/b10-9+,15-14-,30-11+/t29-,31+,33+,34+,36-,39+/m1/s1. The number of likely N-dealkylation sites (tertiary alicyclic amines) is 1. The van der Waals surface area contributed by atoms with Crippen molar-refractivity contribution in [3.63, 3.8) is 0 Å². The zero-order chi connectivity index (χ0) is 37.3. The van der Waals surface area contributed by atoms with Crippen molar-refractivity contribution in [2.24, 2.45) is 17.3 Å². The summed E-state index contributed by atoms with van der Waals surface area (Å²) in [5.74, 6) is -0.910. The zero-order valence-corrected chi connectivity index (χ0v) is 31.9. The summed E-state index contributed by atoms with van der Waals surface area (Å²) in [6.45, 7) is 13.2. The maximum atomic E-state index is 13.5. The minimum absolute atomic E-state index is 0.0413. The van der Waals surface area contributed by atoms with Crippen LogP contribution in [0.15, 0.2) is 36.0 Å². The normalized spacial score (nSPS) is 32.7. The molecule has 1 spiro atoms. The summed E-state index contributed by atoms with van der Waals surface area (Å²) < 4.78 is 22.8. The number of allylic oxidation sites excluding steroid dienone is 2. The first-order chi connectivity index (χ1) is 24.8. The monoisotopic (exact) mass is 729 g/mol. The number of rotatable bonds is 7. The van der Waals surface area contributed by atoms with Crippen molar-refractivity contribution >= 4 is 18.2 Å². The summed E-state index contributed by atoms with van der Waals surface area (Å²) in [5.41, 5.74) is -0.585. The molecule has 0 bridgehead atoms. The van der Waals surface area contributed by atoms with Gasteiger partial charge in [0.15, 0.2) is 6.10 Å². The van der Waals surface area contributed by atoms with Gasteiger partial charge in [-0.05, 0) is 57.6 Å². The number of carbonyl (C=O) groups excluding carboxylic acids is 3. The van der Waals surface area contributed by atoms with E-state index in [1.807, 2.05) is 45.1 Å². The molecule has 12 heteroatoms. The van der Waals surface area contributed by atoms with E-state index in [1.54, 1.807) is 22.8 Å². The first-order valence-electron chi connectivity index (χ1n) is 19.7. The highest BCUT2D eigenvalue weighted by molar-refractivity contribution is 5.70. The third-order valence-corrected chi connectivity index (χ3v) is 11.7. The lowest BCUT2D eigenvalue weighted by Gasteiger charge is -2.40. The van der Waals surface area contributed by atoms with Crippen LogP contribution in [0.1, 0.15) is 91.9 Å². The number of hydrogen-bond donors (Lipinski definition) is 2. The van der Waals surface area contributed by atoms with E-state index in [1.165, 1.54) is 38.5 Å². The predicted octanol–water partition coefficient (Wildman–Crippen LogP) is 5.23. The Morgan fingerprint density at radius 2 is 1.71 bits per heavy atom. The first kappa shape index (κ1) is 40.3. The van der Waals surface area contributed by atoms with Crippen LogP contribution in [0, 0.1) is 17.3 Å². The molecule has 52 heavy (non-hydrogen) atoms. The van der Waals surface area contributed by atoms with Crippen LogP contribution in [-0.2, 0) is 23.7 Å². The minimum Gasteiger partial charge on any atom is -0.457 e. The molecule has 0 radical (unpaired) electrons. The molecular weight excluding hydrogens is 666 g/mol. The SMILES string of the molecule is C/C(=C\C=C\[C@@H](C)COC(=O)N1CCC2(COC2)C1)[C@H]1OC(=O)C[C@@H](O)CC[C@](C)(O)[C@@H](OC(=O)N2CCN(C3CCCCCC3)CC2)/C=C\[C@@H]1C. The van der Waals surface area contributed by atoms with Crippen LogP contribution < -0.4 is 0 Å². The van der Waals surface area contributed by atoms with E-state index < -0.39 is 36.0 Å². The van der Waals surface area contributed by atoms with E-state index in [2.05, 4.69) is 4.90 Å². The smallest absolute Gasteiger partial charge is 0.410 e. The Labute approximate surface area is 310 Å². The fraction of sp³-hybridized carbons (Fsp3) is 0.775. The Balaban J connectivity index is 1.18. The van der Waals surface area contributed by atoms with Gasteiger partial charge >= 0.3 is 18.2 Å². The van der Waals surface area contributed by atoms with Crippen LogP contribution in [0.4, 0.5) is 9.59 Å². The Morgan fingerprint density at radius 3 is 2.37 bits per heavy atom. The molecule has 4 heterocycles. The minimum atomic E-state index is -1.47. The van der Waals surface area contributed by atoms with Crippen molar-refractivity contribution < 1.29 is 43.5 Å². The van der Waals surface area contributed by atoms with Crippen LogP contribution in [0.5, 0.6) is 0 Å². The number of hydrogen-bond acceptors (Lipinski definition) is 10. The molecule has 0 unspecified atom stereocenters. The second-order valence-electron chi connectivity index (χ2n) is 16.4. The Kier molecular flexibility index (Phi) is 14.2. The van der Waals surface area contributed by atoms with Crippen molar-refractivity contribution in [3.05, 3.63) is 36.0 Å². The van der Waals surface area contributed by atoms with Crippen LogP contribution in [0.25, 0.3) is 0 Å². The molecular formula is C40H63N3O9. The number of cyclic esters (lactones) is 1. The molecule has 1 aliphatic carbocycles. The molecule has 1 saturated carbocycles. The second kappa shape index (κ2) is 18.4. The van der Waals surface area contributed by atoms with Crippen LogP contribution >= 0.6 is 0 Å². The topological polar surface area (TPSA) is 138 Å².